The van der Waals surface area contributed by atoms with E-state index < -0.39 is 33.7 Å². The first-order chi connectivity index (χ1) is 15.4. The van der Waals surface area contributed by atoms with Crippen LogP contribution in [0.3, 0.4) is 0 Å². The molecule has 0 saturated carbocycles. The van der Waals surface area contributed by atoms with E-state index in [1.807, 2.05) is 60.7 Å². The molecule has 2 aromatic carbocycles. The Labute approximate surface area is 217 Å². The van der Waals surface area contributed by atoms with Crippen LogP contribution in [0.2, 0.25) is 0 Å². The predicted octanol–water partition coefficient (Wildman–Crippen LogP) is 0.427. The van der Waals surface area contributed by atoms with Gasteiger partial charge in [0.25, 0.3) is 0 Å². The summed E-state index contributed by atoms with van der Waals surface area (Å²) in [7, 11) is -5.04. The molecule has 0 aromatic heterocycles. The minimum absolute atomic E-state index is 0. The van der Waals surface area contributed by atoms with Crippen molar-refractivity contribution in [2.45, 2.75) is 50.2 Å². The Bertz CT molecular complexity index is 934. The monoisotopic (exact) mass is 484 g/mol. The number of ether oxygens (including phenoxy) is 2. The number of hydrogen-bond donors (Lipinski definition) is 0. The maximum Gasteiger partial charge on any atom is 1.00 e. The van der Waals surface area contributed by atoms with Crippen molar-refractivity contribution < 1.29 is 61.6 Å². The van der Waals surface area contributed by atoms with E-state index in [2.05, 4.69) is 0 Å². The summed E-state index contributed by atoms with van der Waals surface area (Å²) in [4.78, 5) is 24.0. The van der Waals surface area contributed by atoms with Crippen LogP contribution in [0.5, 0.6) is 0 Å². The Morgan fingerprint density at radius 2 is 1.21 bits per heavy atom. The summed E-state index contributed by atoms with van der Waals surface area (Å²) in [5.41, 5.74) is 2.31. The topological polar surface area (TPSA) is 110 Å². The smallest absolute Gasteiger partial charge is 0.747 e. The third-order valence-corrected chi connectivity index (χ3v) is 5.93. The fraction of sp³-hybridized carbons (Fsp3) is 0.417. The number of rotatable bonds is 14. The van der Waals surface area contributed by atoms with Crippen LogP contribution < -0.4 is 29.6 Å². The molecule has 0 bridgehead atoms. The third kappa shape index (κ3) is 12.4. The van der Waals surface area contributed by atoms with Crippen LogP contribution in [-0.2, 0) is 42.0 Å². The Morgan fingerprint density at radius 3 is 1.67 bits per heavy atom. The molecule has 33 heavy (non-hydrogen) atoms. The first kappa shape index (κ1) is 29.3. The fourth-order valence-electron chi connectivity index (χ4n) is 3.12. The second-order valence-corrected chi connectivity index (χ2v) is 9.01. The summed E-state index contributed by atoms with van der Waals surface area (Å²) in [6.07, 6.45) is 3.39. The van der Waals surface area contributed by atoms with E-state index in [4.69, 9.17) is 9.47 Å². The van der Waals surface area contributed by atoms with Gasteiger partial charge in [-0.15, -0.1) is 0 Å². The number of unbranched alkanes of at least 4 members (excludes halogenated alkanes) is 2. The Balaban J connectivity index is 0.00000544. The molecule has 0 saturated heterocycles. The first-order valence-corrected chi connectivity index (χ1v) is 12.2. The zero-order valence-electron chi connectivity index (χ0n) is 19.0. The number of hydrogen-bond acceptors (Lipinski definition) is 7. The van der Waals surface area contributed by atoms with Gasteiger partial charge in [0.1, 0.15) is 10.1 Å². The molecule has 0 amide bonds. The van der Waals surface area contributed by atoms with Gasteiger partial charge in [-0.25, -0.2) is 8.42 Å². The molecule has 2 rings (SSSR count). The van der Waals surface area contributed by atoms with Crippen LogP contribution in [0.25, 0.3) is 0 Å². The minimum atomic E-state index is -5.04. The van der Waals surface area contributed by atoms with Crippen molar-refractivity contribution in [1.82, 2.24) is 0 Å². The normalized spacial score (nSPS) is 11.8. The number of aryl methyl sites for hydroxylation is 2. The van der Waals surface area contributed by atoms with E-state index in [0.29, 0.717) is 12.8 Å². The molecule has 0 aliphatic carbocycles. The summed E-state index contributed by atoms with van der Waals surface area (Å²) < 4.78 is 44.3. The van der Waals surface area contributed by atoms with Gasteiger partial charge >= 0.3 is 41.5 Å². The molecule has 2 aromatic rings. The quantitative estimate of drug-likeness (QED) is 0.166. The van der Waals surface area contributed by atoms with E-state index in [9.17, 15) is 22.6 Å². The molecular weight excluding hydrogens is 455 g/mol. The molecule has 1 unspecified atom stereocenters. The molecule has 174 valence electrons. The van der Waals surface area contributed by atoms with Gasteiger partial charge in [-0.2, -0.15) is 0 Å². The van der Waals surface area contributed by atoms with Gasteiger partial charge in [0, 0.05) is 0 Å². The van der Waals surface area contributed by atoms with Crippen LogP contribution in [0, 0.1) is 0 Å². The van der Waals surface area contributed by atoms with E-state index in [1.54, 1.807) is 0 Å². The number of benzene rings is 2. The second-order valence-electron chi connectivity index (χ2n) is 7.46. The molecule has 1 atom stereocenters. The SMILES string of the molecule is O=C(CC(C(=O)OCCCCc1ccccc1)S(=O)(=O)[O-])OCCCCc1ccccc1.[Na+]. The summed E-state index contributed by atoms with van der Waals surface area (Å²) in [5, 5.41) is -2.09. The molecule has 0 heterocycles. The van der Waals surface area contributed by atoms with Crippen molar-refractivity contribution in [3.63, 3.8) is 0 Å². The molecule has 9 heteroatoms. The van der Waals surface area contributed by atoms with Crippen LogP contribution >= 0.6 is 0 Å². The summed E-state index contributed by atoms with van der Waals surface area (Å²) in [6, 6.07) is 19.6. The van der Waals surface area contributed by atoms with Crippen LogP contribution in [-0.4, -0.2) is 43.4 Å². The van der Waals surface area contributed by atoms with Crippen LogP contribution in [0.4, 0.5) is 0 Å². The predicted molar refractivity (Wildman–Crippen MR) is 119 cm³/mol. The average molecular weight is 485 g/mol. The minimum Gasteiger partial charge on any atom is -0.747 e. The van der Waals surface area contributed by atoms with Crippen molar-refractivity contribution in [2.24, 2.45) is 0 Å². The standard InChI is InChI=1S/C24H30O7S.Na/c25-23(30-17-9-7-15-20-11-3-1-4-12-20)19-22(32(27,28)29)24(26)31-18-10-8-16-21-13-5-2-6-14-21;/h1-6,11-14,22H,7-10,15-19H2,(H,27,28,29);/q;+1/p-1. The molecule has 0 aliphatic heterocycles. The zero-order chi connectivity index (χ0) is 23.2. The van der Waals surface area contributed by atoms with E-state index >= 15 is 0 Å². The second kappa shape index (κ2) is 16.0. The van der Waals surface area contributed by atoms with Crippen molar-refractivity contribution in [3.05, 3.63) is 71.8 Å². The summed E-state index contributed by atoms with van der Waals surface area (Å²) in [6.45, 7) is 0.0675. The van der Waals surface area contributed by atoms with Crippen molar-refractivity contribution in [3.8, 4) is 0 Å². The van der Waals surface area contributed by atoms with E-state index in [-0.39, 0.29) is 42.8 Å². The number of esters is 2. The van der Waals surface area contributed by atoms with Crippen molar-refractivity contribution in [1.29, 1.82) is 0 Å². The summed E-state index contributed by atoms with van der Waals surface area (Å²) >= 11 is 0. The average Bonchev–Trinajstić information content (AvgIpc) is 2.77. The van der Waals surface area contributed by atoms with Gasteiger partial charge in [0.2, 0.25) is 0 Å². The largest absolute Gasteiger partial charge is 1.00 e. The van der Waals surface area contributed by atoms with Crippen molar-refractivity contribution in [2.75, 3.05) is 13.2 Å². The molecule has 7 nitrogen and oxygen atoms in total. The molecule has 0 radical (unpaired) electrons. The van der Waals surface area contributed by atoms with E-state index in [1.165, 1.54) is 5.56 Å². The summed E-state index contributed by atoms with van der Waals surface area (Å²) in [5.74, 6) is -2.11. The molecule has 0 N–H and O–H groups in total. The Morgan fingerprint density at radius 1 is 0.758 bits per heavy atom. The van der Waals surface area contributed by atoms with Crippen molar-refractivity contribution >= 4 is 22.1 Å². The Kier molecular flexibility index (Phi) is 14.2. The van der Waals surface area contributed by atoms with Gasteiger partial charge < -0.3 is 14.0 Å². The van der Waals surface area contributed by atoms with E-state index in [0.717, 1.165) is 31.2 Å². The zero-order valence-corrected chi connectivity index (χ0v) is 21.8. The van der Waals surface area contributed by atoms with Crippen LogP contribution in [0.1, 0.15) is 43.2 Å². The van der Waals surface area contributed by atoms with Gasteiger partial charge in [-0.3, -0.25) is 9.59 Å². The van der Waals surface area contributed by atoms with Crippen LogP contribution in [0.15, 0.2) is 60.7 Å². The molecule has 0 fully saturated rings. The fourth-order valence-corrected chi connectivity index (χ4v) is 3.76. The van der Waals surface area contributed by atoms with Gasteiger partial charge in [0.15, 0.2) is 5.25 Å². The number of carbonyl (C=O) groups excluding carboxylic acids is 2. The van der Waals surface area contributed by atoms with Gasteiger partial charge in [-0.05, 0) is 49.7 Å². The third-order valence-electron chi connectivity index (χ3n) is 4.88. The first-order valence-electron chi connectivity index (χ1n) is 10.7. The molecular formula is C24H29NaO7S. The van der Waals surface area contributed by atoms with Gasteiger partial charge in [-0.1, -0.05) is 60.7 Å². The van der Waals surface area contributed by atoms with Gasteiger partial charge in [0.05, 0.1) is 19.6 Å². The molecule has 0 spiro atoms. The molecule has 0 aliphatic rings. The maximum absolute atomic E-state index is 12.1. The number of carbonyl (C=O) groups is 2. The maximum atomic E-state index is 12.1. The Hall–Kier alpha value is -1.71.